The number of ether oxygens (including phenoxy) is 2. The van der Waals surface area contributed by atoms with Crippen molar-refractivity contribution < 1.29 is 9.47 Å². The second-order valence-electron chi connectivity index (χ2n) is 10.5. The van der Waals surface area contributed by atoms with Crippen molar-refractivity contribution in [1.29, 1.82) is 0 Å². The second-order valence-corrected chi connectivity index (χ2v) is 10.5. The minimum absolute atomic E-state index is 0.732. The number of rotatable bonds is 0. The molecule has 0 amide bonds. The van der Waals surface area contributed by atoms with Gasteiger partial charge < -0.3 is 9.47 Å². The molecule has 2 nitrogen and oxygen atoms in total. The highest BCUT2D eigenvalue weighted by atomic mass is 16.5. The standard InChI is InChI=1S/C36H32O2/c1-2-4-10-20-38-34-18-16-30-22-26-12-6-8-14-28(26)24-32(30)36(34)35-31-23-27-13-7-5-11-25(27)21-29(31)15-17-33(35)37-19-9-3-1/h5-8,11-18,21-24H,1-4,9-10,19-20H2. The van der Waals surface area contributed by atoms with Crippen LogP contribution in [-0.4, -0.2) is 13.2 Å². The summed E-state index contributed by atoms with van der Waals surface area (Å²) >= 11 is 0. The van der Waals surface area contributed by atoms with E-state index in [9.17, 15) is 0 Å². The van der Waals surface area contributed by atoms with Crippen molar-refractivity contribution in [3.63, 3.8) is 0 Å². The maximum absolute atomic E-state index is 6.59. The average Bonchev–Trinajstić information content (AvgIpc) is 2.95. The molecule has 0 saturated heterocycles. The summed E-state index contributed by atoms with van der Waals surface area (Å²) in [5.41, 5.74) is 2.28. The lowest BCUT2D eigenvalue weighted by Crippen LogP contribution is -2.03. The molecule has 1 aliphatic rings. The maximum Gasteiger partial charge on any atom is 0.127 e. The van der Waals surface area contributed by atoms with Crippen LogP contribution >= 0.6 is 0 Å². The van der Waals surface area contributed by atoms with E-state index in [2.05, 4.69) is 97.1 Å². The first-order valence-corrected chi connectivity index (χ1v) is 14.0. The van der Waals surface area contributed by atoms with Crippen LogP contribution in [0.5, 0.6) is 11.5 Å². The molecule has 0 saturated carbocycles. The molecule has 38 heavy (non-hydrogen) atoms. The Morgan fingerprint density at radius 2 is 0.763 bits per heavy atom. The molecule has 0 spiro atoms. The summed E-state index contributed by atoms with van der Waals surface area (Å²) in [6.07, 6.45) is 7.10. The van der Waals surface area contributed by atoms with Crippen LogP contribution in [0.25, 0.3) is 54.2 Å². The van der Waals surface area contributed by atoms with Gasteiger partial charge in [-0.2, -0.15) is 0 Å². The molecule has 7 rings (SSSR count). The lowest BCUT2D eigenvalue weighted by atomic mass is 9.90. The molecule has 0 fully saturated rings. The van der Waals surface area contributed by atoms with E-state index < -0.39 is 0 Å². The molecule has 0 aromatic heterocycles. The molecule has 2 heteroatoms. The van der Waals surface area contributed by atoms with E-state index in [4.69, 9.17) is 9.47 Å². The van der Waals surface area contributed by atoms with E-state index in [0.29, 0.717) is 0 Å². The monoisotopic (exact) mass is 496 g/mol. The minimum Gasteiger partial charge on any atom is -0.493 e. The third-order valence-corrected chi connectivity index (χ3v) is 8.00. The molecule has 0 aliphatic carbocycles. The van der Waals surface area contributed by atoms with Gasteiger partial charge in [-0.3, -0.25) is 0 Å². The van der Waals surface area contributed by atoms with Gasteiger partial charge in [-0.1, -0.05) is 86.3 Å². The Balaban J connectivity index is 1.56. The van der Waals surface area contributed by atoms with Crippen LogP contribution in [0, 0.1) is 0 Å². The smallest absolute Gasteiger partial charge is 0.127 e. The van der Waals surface area contributed by atoms with E-state index in [1.165, 1.54) is 68.8 Å². The van der Waals surface area contributed by atoms with Gasteiger partial charge in [0.1, 0.15) is 11.5 Å². The maximum atomic E-state index is 6.59. The molecule has 0 radical (unpaired) electrons. The highest BCUT2D eigenvalue weighted by molar-refractivity contribution is 6.14. The molecule has 6 aromatic carbocycles. The van der Waals surface area contributed by atoms with Crippen molar-refractivity contribution in [2.24, 2.45) is 0 Å². The van der Waals surface area contributed by atoms with E-state index in [1.807, 2.05) is 0 Å². The molecule has 1 heterocycles. The molecule has 0 N–H and O–H groups in total. The Kier molecular flexibility index (Phi) is 6.09. The first kappa shape index (κ1) is 23.1. The van der Waals surface area contributed by atoms with Crippen molar-refractivity contribution in [3.05, 3.63) is 97.1 Å². The molecule has 0 atom stereocenters. The van der Waals surface area contributed by atoms with Gasteiger partial charge in [0.05, 0.1) is 13.2 Å². The second kappa shape index (κ2) is 10.0. The molecular weight excluding hydrogens is 464 g/mol. The topological polar surface area (TPSA) is 18.5 Å². The fraction of sp³-hybridized carbons (Fsp3) is 0.222. The molecule has 188 valence electrons. The van der Waals surface area contributed by atoms with Crippen LogP contribution in [0.4, 0.5) is 0 Å². The lowest BCUT2D eigenvalue weighted by molar-refractivity contribution is 0.294. The van der Waals surface area contributed by atoms with Gasteiger partial charge in [-0.25, -0.2) is 0 Å². The Morgan fingerprint density at radius 1 is 0.368 bits per heavy atom. The number of hydrogen-bond donors (Lipinski definition) is 0. The Hall–Kier alpha value is -4.04. The third kappa shape index (κ3) is 4.24. The summed E-state index contributed by atoms with van der Waals surface area (Å²) < 4.78 is 13.2. The summed E-state index contributed by atoms with van der Waals surface area (Å²) in [5.74, 6) is 1.88. The van der Waals surface area contributed by atoms with Crippen LogP contribution in [0.15, 0.2) is 97.1 Å². The zero-order valence-electron chi connectivity index (χ0n) is 21.7. The Bertz CT molecular complexity index is 1650. The van der Waals surface area contributed by atoms with Gasteiger partial charge in [0.2, 0.25) is 0 Å². The Morgan fingerprint density at radius 3 is 1.21 bits per heavy atom. The first-order chi connectivity index (χ1) is 18.8. The van der Waals surface area contributed by atoms with Crippen molar-refractivity contribution in [2.45, 2.75) is 38.5 Å². The van der Waals surface area contributed by atoms with Crippen molar-refractivity contribution in [3.8, 4) is 22.6 Å². The molecule has 6 aromatic rings. The normalized spacial score (nSPS) is 14.9. The highest BCUT2D eigenvalue weighted by Crippen LogP contribution is 2.47. The van der Waals surface area contributed by atoms with Gasteiger partial charge in [-0.05, 0) is 92.3 Å². The van der Waals surface area contributed by atoms with Crippen LogP contribution in [0.3, 0.4) is 0 Å². The van der Waals surface area contributed by atoms with Crippen molar-refractivity contribution in [1.82, 2.24) is 0 Å². The van der Waals surface area contributed by atoms with Gasteiger partial charge >= 0.3 is 0 Å². The SMILES string of the molecule is c1ccc2cc3c4c(ccc3cc2c1)OCCCCCCCCOc1ccc2cc3ccccc3cc2c1-4. The van der Waals surface area contributed by atoms with Crippen LogP contribution < -0.4 is 9.47 Å². The zero-order chi connectivity index (χ0) is 25.3. The lowest BCUT2D eigenvalue weighted by Gasteiger charge is -2.21. The van der Waals surface area contributed by atoms with Gasteiger partial charge in [0.25, 0.3) is 0 Å². The first-order valence-electron chi connectivity index (χ1n) is 14.0. The van der Waals surface area contributed by atoms with Crippen molar-refractivity contribution >= 4 is 43.1 Å². The van der Waals surface area contributed by atoms with Crippen LogP contribution in [0.1, 0.15) is 38.5 Å². The zero-order valence-corrected chi connectivity index (χ0v) is 21.7. The largest absolute Gasteiger partial charge is 0.493 e. The predicted octanol–water partition coefficient (Wildman–Crippen LogP) is 10.1. The van der Waals surface area contributed by atoms with Gasteiger partial charge in [0.15, 0.2) is 0 Å². The van der Waals surface area contributed by atoms with Crippen LogP contribution in [0.2, 0.25) is 0 Å². The predicted molar refractivity (Wildman–Crippen MR) is 161 cm³/mol. The number of fused-ring (bicyclic) bond motifs is 9. The quantitative estimate of drug-likeness (QED) is 0.195. The fourth-order valence-corrected chi connectivity index (χ4v) is 6.02. The fourth-order valence-electron chi connectivity index (χ4n) is 6.02. The Labute approximate surface area is 223 Å². The molecule has 0 bridgehead atoms. The van der Waals surface area contributed by atoms with Gasteiger partial charge in [-0.15, -0.1) is 0 Å². The van der Waals surface area contributed by atoms with E-state index in [1.54, 1.807) is 0 Å². The van der Waals surface area contributed by atoms with Crippen molar-refractivity contribution in [2.75, 3.05) is 13.2 Å². The summed E-state index contributed by atoms with van der Waals surface area (Å²) in [4.78, 5) is 0. The number of benzene rings is 6. The minimum atomic E-state index is 0.732. The van der Waals surface area contributed by atoms with Gasteiger partial charge in [0, 0.05) is 11.1 Å². The number of hydrogen-bond acceptors (Lipinski definition) is 2. The molecular formula is C36H32O2. The summed E-state index contributed by atoms with van der Waals surface area (Å²) in [5, 5.41) is 9.83. The summed E-state index contributed by atoms with van der Waals surface area (Å²) in [6.45, 7) is 1.46. The van der Waals surface area contributed by atoms with E-state index >= 15 is 0 Å². The summed E-state index contributed by atoms with van der Waals surface area (Å²) in [7, 11) is 0. The van der Waals surface area contributed by atoms with Crippen LogP contribution in [-0.2, 0) is 0 Å². The highest BCUT2D eigenvalue weighted by Gasteiger charge is 2.20. The van der Waals surface area contributed by atoms with E-state index in [0.717, 1.165) is 48.7 Å². The summed E-state index contributed by atoms with van der Waals surface area (Å²) in [6, 6.07) is 35.3. The molecule has 0 unspecified atom stereocenters. The average molecular weight is 497 g/mol. The van der Waals surface area contributed by atoms with E-state index in [-0.39, 0.29) is 0 Å². The molecule has 1 aliphatic heterocycles. The third-order valence-electron chi connectivity index (χ3n) is 8.00.